The van der Waals surface area contributed by atoms with Crippen LogP contribution in [0, 0.1) is 17.8 Å². The highest BCUT2D eigenvalue weighted by Gasteiger charge is 2.47. The Bertz CT molecular complexity index is 366. The molecule has 1 aromatic heterocycles. The molecular formula is C16H24N2. The van der Waals surface area contributed by atoms with Crippen LogP contribution in [0.1, 0.15) is 38.3 Å². The fraction of sp³-hybridized carbons (Fsp3) is 0.688. The molecule has 3 atom stereocenters. The molecule has 2 saturated carbocycles. The van der Waals surface area contributed by atoms with Gasteiger partial charge in [-0.2, -0.15) is 0 Å². The molecule has 0 spiro atoms. The maximum absolute atomic E-state index is 4.49. The van der Waals surface area contributed by atoms with Crippen LogP contribution >= 0.6 is 0 Å². The van der Waals surface area contributed by atoms with Gasteiger partial charge in [0.15, 0.2) is 0 Å². The van der Waals surface area contributed by atoms with E-state index in [1.165, 1.54) is 31.4 Å². The zero-order chi connectivity index (χ0) is 12.4. The lowest BCUT2D eigenvalue weighted by molar-refractivity contribution is 0.330. The molecule has 2 fully saturated rings. The highest BCUT2D eigenvalue weighted by atomic mass is 14.9. The molecular weight excluding hydrogens is 220 g/mol. The summed E-state index contributed by atoms with van der Waals surface area (Å²) in [6.45, 7) is 3.39. The number of rotatable bonds is 6. The van der Waals surface area contributed by atoms with E-state index in [1.54, 1.807) is 0 Å². The first kappa shape index (κ1) is 12.2. The van der Waals surface area contributed by atoms with Crippen molar-refractivity contribution in [2.24, 2.45) is 17.8 Å². The second-order valence-corrected chi connectivity index (χ2v) is 6.07. The predicted molar refractivity (Wildman–Crippen MR) is 74.3 cm³/mol. The van der Waals surface area contributed by atoms with Crippen molar-refractivity contribution >= 4 is 0 Å². The van der Waals surface area contributed by atoms with E-state index in [0.29, 0.717) is 6.04 Å². The average Bonchev–Trinajstić information content (AvgIpc) is 3.02. The molecule has 18 heavy (non-hydrogen) atoms. The lowest BCUT2D eigenvalue weighted by Crippen LogP contribution is -2.38. The van der Waals surface area contributed by atoms with Crippen molar-refractivity contribution in [1.29, 1.82) is 0 Å². The maximum atomic E-state index is 4.49. The second kappa shape index (κ2) is 5.40. The smallest absolute Gasteiger partial charge is 0.0419 e. The van der Waals surface area contributed by atoms with Crippen molar-refractivity contribution in [2.45, 2.75) is 45.1 Å². The van der Waals surface area contributed by atoms with Gasteiger partial charge in [0.2, 0.25) is 0 Å². The predicted octanol–water partition coefficient (Wildman–Crippen LogP) is 3.04. The number of fused-ring (bicyclic) bond motifs is 1. The quantitative estimate of drug-likeness (QED) is 0.832. The monoisotopic (exact) mass is 244 g/mol. The molecule has 2 aliphatic rings. The Morgan fingerprint density at radius 1 is 1.28 bits per heavy atom. The zero-order valence-electron chi connectivity index (χ0n) is 11.3. The molecule has 3 unspecified atom stereocenters. The molecule has 98 valence electrons. The summed E-state index contributed by atoms with van der Waals surface area (Å²) in [4.78, 5) is 4.49. The van der Waals surface area contributed by atoms with Gasteiger partial charge in [0.05, 0.1) is 0 Å². The highest BCUT2D eigenvalue weighted by molar-refractivity contribution is 5.08. The number of hydrogen-bond acceptors (Lipinski definition) is 2. The Kier molecular flexibility index (Phi) is 3.64. The van der Waals surface area contributed by atoms with E-state index in [1.807, 2.05) is 12.3 Å². The average molecular weight is 244 g/mol. The number of nitrogens with one attached hydrogen (secondary N) is 1. The van der Waals surface area contributed by atoms with E-state index < -0.39 is 0 Å². The van der Waals surface area contributed by atoms with Gasteiger partial charge in [0, 0.05) is 24.4 Å². The summed E-state index contributed by atoms with van der Waals surface area (Å²) in [6, 6.07) is 6.91. The van der Waals surface area contributed by atoms with Gasteiger partial charge in [-0.3, -0.25) is 4.98 Å². The third-order valence-corrected chi connectivity index (χ3v) is 4.66. The van der Waals surface area contributed by atoms with Gasteiger partial charge in [0.1, 0.15) is 0 Å². The topological polar surface area (TPSA) is 24.9 Å². The van der Waals surface area contributed by atoms with Crippen LogP contribution in [-0.4, -0.2) is 17.6 Å². The van der Waals surface area contributed by atoms with Crippen molar-refractivity contribution in [1.82, 2.24) is 10.3 Å². The molecule has 0 aliphatic heterocycles. The Morgan fingerprint density at radius 2 is 2.11 bits per heavy atom. The van der Waals surface area contributed by atoms with Crippen molar-refractivity contribution < 1.29 is 0 Å². The molecule has 0 radical (unpaired) electrons. The number of aromatic nitrogens is 1. The van der Waals surface area contributed by atoms with E-state index >= 15 is 0 Å². The summed E-state index contributed by atoms with van der Waals surface area (Å²) in [7, 11) is 0. The number of pyridine rings is 1. The van der Waals surface area contributed by atoms with E-state index in [4.69, 9.17) is 0 Å². The first-order valence-corrected chi connectivity index (χ1v) is 7.50. The Hall–Kier alpha value is -0.890. The van der Waals surface area contributed by atoms with Crippen LogP contribution in [0.3, 0.4) is 0 Å². The van der Waals surface area contributed by atoms with Crippen LogP contribution in [0.25, 0.3) is 0 Å². The molecule has 2 nitrogen and oxygen atoms in total. The molecule has 0 saturated heterocycles. The van der Waals surface area contributed by atoms with Crippen LogP contribution in [0.2, 0.25) is 0 Å². The molecule has 1 aromatic rings. The number of hydrogen-bond donors (Lipinski definition) is 1. The van der Waals surface area contributed by atoms with Crippen LogP contribution in [-0.2, 0) is 6.42 Å². The summed E-state index contributed by atoms with van der Waals surface area (Å²) < 4.78 is 0. The fourth-order valence-corrected chi connectivity index (χ4v) is 3.57. The Morgan fingerprint density at radius 3 is 2.78 bits per heavy atom. The van der Waals surface area contributed by atoms with Crippen LogP contribution in [0.15, 0.2) is 24.4 Å². The van der Waals surface area contributed by atoms with E-state index in [2.05, 4.69) is 29.4 Å². The third kappa shape index (κ3) is 2.74. The summed E-state index contributed by atoms with van der Waals surface area (Å²) in [5.41, 5.74) is 1.24. The minimum Gasteiger partial charge on any atom is -0.313 e. The lowest BCUT2D eigenvalue weighted by Gasteiger charge is -2.25. The summed E-state index contributed by atoms with van der Waals surface area (Å²) in [6.07, 6.45) is 8.67. The standard InChI is InChI=1S/C16H24N2/c1-2-6-18-16(11-15-5-3-4-7-17-15)14-9-12-8-13(12)10-14/h3-5,7,12-14,16,18H,2,6,8-11H2,1H3. The first-order valence-electron chi connectivity index (χ1n) is 7.50. The Labute approximate surface area is 110 Å². The van der Waals surface area contributed by atoms with Crippen molar-refractivity contribution in [3.63, 3.8) is 0 Å². The van der Waals surface area contributed by atoms with Crippen LogP contribution < -0.4 is 5.32 Å². The zero-order valence-corrected chi connectivity index (χ0v) is 11.3. The van der Waals surface area contributed by atoms with Gasteiger partial charge in [-0.05, 0) is 62.1 Å². The van der Waals surface area contributed by atoms with Gasteiger partial charge in [-0.15, -0.1) is 0 Å². The van der Waals surface area contributed by atoms with Gasteiger partial charge in [0.25, 0.3) is 0 Å². The summed E-state index contributed by atoms with van der Waals surface area (Å²) in [5, 5.41) is 3.76. The third-order valence-electron chi connectivity index (χ3n) is 4.66. The summed E-state index contributed by atoms with van der Waals surface area (Å²) >= 11 is 0. The molecule has 0 amide bonds. The SMILES string of the molecule is CCCNC(Cc1ccccn1)C1CC2CC2C1. The first-order chi connectivity index (χ1) is 8.86. The summed E-state index contributed by atoms with van der Waals surface area (Å²) in [5.74, 6) is 3.04. The molecule has 0 aromatic carbocycles. The molecule has 2 aliphatic carbocycles. The fourth-order valence-electron chi connectivity index (χ4n) is 3.57. The normalized spacial score (nSPS) is 31.1. The van der Waals surface area contributed by atoms with Gasteiger partial charge in [-0.1, -0.05) is 13.0 Å². The second-order valence-electron chi connectivity index (χ2n) is 6.07. The van der Waals surface area contributed by atoms with Crippen molar-refractivity contribution in [3.05, 3.63) is 30.1 Å². The molecule has 0 bridgehead atoms. The van der Waals surface area contributed by atoms with Gasteiger partial charge >= 0.3 is 0 Å². The van der Waals surface area contributed by atoms with E-state index in [0.717, 1.165) is 30.7 Å². The van der Waals surface area contributed by atoms with Gasteiger partial charge < -0.3 is 5.32 Å². The highest BCUT2D eigenvalue weighted by Crippen LogP contribution is 2.55. The number of nitrogens with zero attached hydrogens (tertiary/aromatic N) is 1. The van der Waals surface area contributed by atoms with Crippen molar-refractivity contribution in [3.8, 4) is 0 Å². The van der Waals surface area contributed by atoms with E-state index in [9.17, 15) is 0 Å². The molecule has 1 N–H and O–H groups in total. The van der Waals surface area contributed by atoms with Crippen molar-refractivity contribution in [2.75, 3.05) is 6.54 Å². The lowest BCUT2D eigenvalue weighted by atomic mass is 9.91. The Balaban J connectivity index is 1.61. The minimum absolute atomic E-state index is 0.646. The molecule has 1 heterocycles. The van der Waals surface area contributed by atoms with Crippen LogP contribution in [0.5, 0.6) is 0 Å². The minimum atomic E-state index is 0.646. The largest absolute Gasteiger partial charge is 0.313 e. The van der Waals surface area contributed by atoms with Gasteiger partial charge in [-0.25, -0.2) is 0 Å². The van der Waals surface area contributed by atoms with Crippen LogP contribution in [0.4, 0.5) is 0 Å². The molecule has 3 rings (SSSR count). The van der Waals surface area contributed by atoms with E-state index in [-0.39, 0.29) is 0 Å². The molecule has 2 heteroatoms. The maximum Gasteiger partial charge on any atom is 0.0419 e.